The molecule has 0 saturated heterocycles. The van der Waals surface area contributed by atoms with Crippen molar-refractivity contribution in [2.75, 3.05) is 0 Å². The van der Waals surface area contributed by atoms with E-state index in [1.807, 2.05) is 0 Å². The maximum absolute atomic E-state index is 2.37. The predicted molar refractivity (Wildman–Crippen MR) is 101 cm³/mol. The highest BCUT2D eigenvalue weighted by Gasteiger charge is 2.23. The fraction of sp³-hybridized carbons (Fsp3) is 0.478. The minimum absolute atomic E-state index is 0.758. The molecule has 2 aromatic carbocycles. The molecule has 23 heavy (non-hydrogen) atoms. The van der Waals surface area contributed by atoms with E-state index in [0.717, 1.165) is 11.8 Å². The molecular formula is C23H30. The van der Waals surface area contributed by atoms with Gasteiger partial charge in [-0.1, -0.05) is 87.2 Å². The van der Waals surface area contributed by atoms with E-state index in [1.54, 1.807) is 5.56 Å². The highest BCUT2D eigenvalue weighted by Crippen LogP contribution is 2.41. The lowest BCUT2D eigenvalue weighted by atomic mass is 9.75. The van der Waals surface area contributed by atoms with Crippen molar-refractivity contribution in [2.45, 2.75) is 64.2 Å². The van der Waals surface area contributed by atoms with Crippen LogP contribution in [0, 0.1) is 5.92 Å². The van der Waals surface area contributed by atoms with E-state index in [0.29, 0.717) is 0 Å². The molecule has 1 saturated carbocycles. The molecule has 0 bridgehead atoms. The van der Waals surface area contributed by atoms with Crippen LogP contribution in [0.4, 0.5) is 0 Å². The normalized spacial score (nSPS) is 21.3. The van der Waals surface area contributed by atoms with Gasteiger partial charge in [0.2, 0.25) is 0 Å². The molecule has 0 unspecified atom stereocenters. The van der Waals surface area contributed by atoms with Crippen LogP contribution in [-0.4, -0.2) is 0 Å². The fourth-order valence-electron chi connectivity index (χ4n) is 4.18. The van der Waals surface area contributed by atoms with Crippen LogP contribution in [0.3, 0.4) is 0 Å². The fourth-order valence-corrected chi connectivity index (χ4v) is 4.18. The first-order chi connectivity index (χ1) is 11.4. The van der Waals surface area contributed by atoms with Gasteiger partial charge in [0.05, 0.1) is 0 Å². The Hall–Kier alpha value is -1.56. The van der Waals surface area contributed by atoms with Crippen molar-refractivity contribution in [3.05, 3.63) is 60.2 Å². The van der Waals surface area contributed by atoms with E-state index in [1.165, 1.54) is 62.5 Å². The molecule has 0 heteroatoms. The number of hydrogen-bond acceptors (Lipinski definition) is 0. The van der Waals surface area contributed by atoms with E-state index < -0.39 is 0 Å². The average Bonchev–Trinajstić information content (AvgIpc) is 2.63. The SMILES string of the molecule is CCCCCC1CCC(c2ccccc2-c2ccccc2)CC1. The summed E-state index contributed by atoms with van der Waals surface area (Å²) in [6, 6.07) is 20.0. The van der Waals surface area contributed by atoms with Gasteiger partial charge in [0, 0.05) is 0 Å². The van der Waals surface area contributed by atoms with E-state index in [9.17, 15) is 0 Å². The van der Waals surface area contributed by atoms with E-state index in [-0.39, 0.29) is 0 Å². The lowest BCUT2D eigenvalue weighted by Crippen LogP contribution is -2.14. The summed E-state index contributed by atoms with van der Waals surface area (Å²) in [6.45, 7) is 2.30. The van der Waals surface area contributed by atoms with E-state index in [4.69, 9.17) is 0 Å². The first-order valence-electron chi connectivity index (χ1n) is 9.53. The van der Waals surface area contributed by atoms with Crippen molar-refractivity contribution in [1.82, 2.24) is 0 Å². The Morgan fingerprint density at radius 1 is 0.783 bits per heavy atom. The average molecular weight is 306 g/mol. The zero-order chi connectivity index (χ0) is 15.9. The Kier molecular flexibility index (Phi) is 5.91. The zero-order valence-corrected chi connectivity index (χ0v) is 14.5. The first kappa shape index (κ1) is 16.3. The minimum atomic E-state index is 0.758. The summed E-state index contributed by atoms with van der Waals surface area (Å²) in [7, 11) is 0. The molecule has 1 fully saturated rings. The summed E-state index contributed by atoms with van der Waals surface area (Å²) in [5, 5.41) is 0. The highest BCUT2D eigenvalue weighted by molar-refractivity contribution is 5.68. The van der Waals surface area contributed by atoms with Crippen LogP contribution in [0.25, 0.3) is 11.1 Å². The molecule has 0 N–H and O–H groups in total. The summed E-state index contributed by atoms with van der Waals surface area (Å²) < 4.78 is 0. The molecule has 0 aromatic heterocycles. The minimum Gasteiger partial charge on any atom is -0.0654 e. The topological polar surface area (TPSA) is 0 Å². The van der Waals surface area contributed by atoms with E-state index >= 15 is 0 Å². The third-order valence-corrected chi connectivity index (χ3v) is 5.55. The molecule has 0 radical (unpaired) electrons. The van der Waals surface area contributed by atoms with Crippen molar-refractivity contribution in [2.24, 2.45) is 5.92 Å². The van der Waals surface area contributed by atoms with Crippen LogP contribution in [-0.2, 0) is 0 Å². The monoisotopic (exact) mass is 306 g/mol. The predicted octanol–water partition coefficient (Wildman–Crippen LogP) is 7.21. The third-order valence-electron chi connectivity index (χ3n) is 5.55. The van der Waals surface area contributed by atoms with Crippen molar-refractivity contribution < 1.29 is 0 Å². The molecule has 122 valence electrons. The van der Waals surface area contributed by atoms with Crippen molar-refractivity contribution in [1.29, 1.82) is 0 Å². The van der Waals surface area contributed by atoms with Gasteiger partial charge in [0.25, 0.3) is 0 Å². The van der Waals surface area contributed by atoms with Gasteiger partial charge < -0.3 is 0 Å². The van der Waals surface area contributed by atoms with Crippen molar-refractivity contribution in [3.8, 4) is 11.1 Å². The van der Waals surface area contributed by atoms with Crippen LogP contribution in [0.15, 0.2) is 54.6 Å². The molecular weight excluding hydrogens is 276 g/mol. The number of rotatable bonds is 6. The molecule has 0 nitrogen and oxygen atoms in total. The number of unbranched alkanes of at least 4 members (excludes halogenated alkanes) is 2. The van der Waals surface area contributed by atoms with Gasteiger partial charge in [-0.15, -0.1) is 0 Å². The van der Waals surface area contributed by atoms with Gasteiger partial charge >= 0.3 is 0 Å². The van der Waals surface area contributed by atoms with Gasteiger partial charge in [-0.05, 0) is 54.2 Å². The Morgan fingerprint density at radius 2 is 1.48 bits per heavy atom. The molecule has 0 atom stereocenters. The maximum atomic E-state index is 2.37. The molecule has 0 heterocycles. The smallest absolute Gasteiger partial charge is 0.0149 e. The van der Waals surface area contributed by atoms with Gasteiger partial charge in [-0.25, -0.2) is 0 Å². The van der Waals surface area contributed by atoms with Crippen LogP contribution >= 0.6 is 0 Å². The second-order valence-corrected chi connectivity index (χ2v) is 7.17. The van der Waals surface area contributed by atoms with Gasteiger partial charge in [0.15, 0.2) is 0 Å². The van der Waals surface area contributed by atoms with E-state index in [2.05, 4.69) is 61.5 Å². The standard InChI is InChI=1S/C23H30/c1-2-3-5-10-19-15-17-21(18-16-19)23-14-9-8-13-22(23)20-11-6-4-7-12-20/h4,6-9,11-14,19,21H,2-3,5,10,15-18H2,1H3. The van der Waals surface area contributed by atoms with Gasteiger partial charge in [-0.2, -0.15) is 0 Å². The molecule has 2 aromatic rings. The molecule has 1 aliphatic rings. The second kappa shape index (κ2) is 8.34. The van der Waals surface area contributed by atoms with Crippen LogP contribution in [0.2, 0.25) is 0 Å². The van der Waals surface area contributed by atoms with Gasteiger partial charge in [-0.3, -0.25) is 0 Å². The molecule has 0 aliphatic heterocycles. The summed E-state index contributed by atoms with van der Waals surface area (Å²) in [4.78, 5) is 0. The Labute approximate surface area is 141 Å². The number of benzene rings is 2. The summed E-state index contributed by atoms with van der Waals surface area (Å²) in [5.74, 6) is 1.75. The third kappa shape index (κ3) is 4.25. The second-order valence-electron chi connectivity index (χ2n) is 7.17. The Balaban J connectivity index is 1.67. The summed E-state index contributed by atoms with van der Waals surface area (Å²) in [6.07, 6.45) is 11.3. The lowest BCUT2D eigenvalue weighted by molar-refractivity contribution is 0.303. The summed E-state index contributed by atoms with van der Waals surface area (Å²) >= 11 is 0. The quantitative estimate of drug-likeness (QED) is 0.495. The molecule has 3 rings (SSSR count). The highest BCUT2D eigenvalue weighted by atomic mass is 14.3. The lowest BCUT2D eigenvalue weighted by Gasteiger charge is -2.30. The Bertz CT molecular complexity index is 576. The van der Waals surface area contributed by atoms with Crippen LogP contribution in [0.1, 0.15) is 69.8 Å². The number of hydrogen-bond donors (Lipinski definition) is 0. The maximum Gasteiger partial charge on any atom is -0.0149 e. The van der Waals surface area contributed by atoms with Crippen molar-refractivity contribution in [3.63, 3.8) is 0 Å². The molecule has 1 aliphatic carbocycles. The summed E-state index contributed by atoms with van der Waals surface area (Å²) in [5.41, 5.74) is 4.39. The zero-order valence-electron chi connectivity index (χ0n) is 14.5. The first-order valence-corrected chi connectivity index (χ1v) is 9.53. The van der Waals surface area contributed by atoms with Gasteiger partial charge in [0.1, 0.15) is 0 Å². The van der Waals surface area contributed by atoms with Crippen LogP contribution < -0.4 is 0 Å². The Morgan fingerprint density at radius 3 is 2.22 bits per heavy atom. The molecule has 0 spiro atoms. The van der Waals surface area contributed by atoms with Crippen LogP contribution in [0.5, 0.6) is 0 Å². The van der Waals surface area contributed by atoms with Crippen molar-refractivity contribution >= 4 is 0 Å². The molecule has 0 amide bonds. The largest absolute Gasteiger partial charge is 0.0654 e.